The van der Waals surface area contributed by atoms with Gasteiger partial charge in [0.15, 0.2) is 0 Å². The van der Waals surface area contributed by atoms with E-state index in [9.17, 15) is 4.79 Å². The average molecular weight is 253 g/mol. The van der Waals surface area contributed by atoms with Gasteiger partial charge in [0.2, 0.25) is 0 Å². The second-order valence-corrected chi connectivity index (χ2v) is 5.45. The number of amides is 2. The Morgan fingerprint density at radius 2 is 1.89 bits per heavy atom. The maximum atomic E-state index is 12.5. The smallest absolute Gasteiger partial charge is 0.320 e. The monoisotopic (exact) mass is 253 g/mol. The Labute approximate surface area is 111 Å². The van der Waals surface area contributed by atoms with Gasteiger partial charge in [0.05, 0.1) is 0 Å². The first kappa shape index (κ1) is 13.7. The van der Waals surface area contributed by atoms with Crippen LogP contribution in [0.4, 0.5) is 4.79 Å². The molecule has 0 aromatic heterocycles. The van der Waals surface area contributed by atoms with Crippen LogP contribution in [0.3, 0.4) is 0 Å². The Balaban J connectivity index is 1.99. The highest BCUT2D eigenvalue weighted by Gasteiger charge is 2.36. The lowest BCUT2D eigenvalue weighted by Gasteiger charge is -2.36. The van der Waals surface area contributed by atoms with Gasteiger partial charge in [-0.3, -0.25) is 0 Å². The first-order chi connectivity index (χ1) is 8.77. The standard InChI is InChI=1S/C14H27N3O/c1-3-16(4-2)14(18)17-11-5-6-13(17)12-7-9-15-10-8-12/h12-13,15H,3-11H2,1-2H3. The summed E-state index contributed by atoms with van der Waals surface area (Å²) in [6.45, 7) is 8.98. The second-order valence-electron chi connectivity index (χ2n) is 5.45. The Morgan fingerprint density at radius 3 is 2.50 bits per heavy atom. The molecule has 0 radical (unpaired) electrons. The lowest BCUT2D eigenvalue weighted by molar-refractivity contribution is 0.128. The number of hydrogen-bond acceptors (Lipinski definition) is 2. The molecule has 2 rings (SSSR count). The number of hydrogen-bond donors (Lipinski definition) is 1. The molecule has 4 nitrogen and oxygen atoms in total. The highest BCUT2D eigenvalue weighted by molar-refractivity contribution is 5.75. The summed E-state index contributed by atoms with van der Waals surface area (Å²) in [5.74, 6) is 0.716. The molecule has 2 aliphatic heterocycles. The Hall–Kier alpha value is -0.770. The first-order valence-electron chi connectivity index (χ1n) is 7.54. The summed E-state index contributed by atoms with van der Waals surface area (Å²) in [5.41, 5.74) is 0. The van der Waals surface area contributed by atoms with Gasteiger partial charge >= 0.3 is 6.03 Å². The average Bonchev–Trinajstić information content (AvgIpc) is 2.90. The summed E-state index contributed by atoms with van der Waals surface area (Å²) < 4.78 is 0. The molecular weight excluding hydrogens is 226 g/mol. The van der Waals surface area contributed by atoms with Gasteiger partial charge in [0.1, 0.15) is 0 Å². The summed E-state index contributed by atoms with van der Waals surface area (Å²) in [6, 6.07) is 0.765. The zero-order valence-corrected chi connectivity index (χ0v) is 11.8. The van der Waals surface area contributed by atoms with Gasteiger partial charge in [-0.2, -0.15) is 0 Å². The van der Waals surface area contributed by atoms with Crippen LogP contribution in [-0.2, 0) is 0 Å². The lowest BCUT2D eigenvalue weighted by atomic mass is 9.89. The van der Waals surface area contributed by atoms with E-state index in [1.54, 1.807) is 0 Å². The van der Waals surface area contributed by atoms with Crippen LogP contribution < -0.4 is 5.32 Å². The van der Waals surface area contributed by atoms with Crippen LogP contribution in [0.25, 0.3) is 0 Å². The van der Waals surface area contributed by atoms with Crippen LogP contribution >= 0.6 is 0 Å². The molecule has 0 aliphatic carbocycles. The molecule has 1 unspecified atom stereocenters. The fraction of sp³-hybridized carbons (Fsp3) is 0.929. The van der Waals surface area contributed by atoms with E-state index in [1.807, 2.05) is 4.90 Å². The Kier molecular flexibility index (Phi) is 4.87. The minimum Gasteiger partial charge on any atom is -0.325 e. The molecule has 0 aromatic rings. The molecule has 104 valence electrons. The molecule has 2 heterocycles. The largest absolute Gasteiger partial charge is 0.325 e. The fourth-order valence-electron chi connectivity index (χ4n) is 3.42. The minimum absolute atomic E-state index is 0.265. The van der Waals surface area contributed by atoms with Crippen molar-refractivity contribution >= 4 is 6.03 Å². The lowest BCUT2D eigenvalue weighted by Crippen LogP contribution is -2.49. The van der Waals surface area contributed by atoms with Crippen molar-refractivity contribution in [3.8, 4) is 0 Å². The molecule has 0 aromatic carbocycles. The van der Waals surface area contributed by atoms with Gasteiger partial charge in [-0.1, -0.05) is 0 Å². The topological polar surface area (TPSA) is 35.6 Å². The number of likely N-dealkylation sites (tertiary alicyclic amines) is 1. The van der Waals surface area contributed by atoms with Crippen molar-refractivity contribution in [3.05, 3.63) is 0 Å². The van der Waals surface area contributed by atoms with Crippen LogP contribution in [0, 0.1) is 5.92 Å². The van der Waals surface area contributed by atoms with Crippen molar-refractivity contribution < 1.29 is 4.79 Å². The Bertz CT molecular complexity index is 272. The van der Waals surface area contributed by atoms with E-state index in [-0.39, 0.29) is 6.03 Å². The van der Waals surface area contributed by atoms with E-state index in [2.05, 4.69) is 24.1 Å². The van der Waals surface area contributed by atoms with E-state index in [0.717, 1.165) is 32.7 Å². The van der Waals surface area contributed by atoms with Crippen molar-refractivity contribution in [2.24, 2.45) is 5.92 Å². The Morgan fingerprint density at radius 1 is 1.22 bits per heavy atom. The van der Waals surface area contributed by atoms with Crippen molar-refractivity contribution in [1.29, 1.82) is 0 Å². The summed E-state index contributed by atoms with van der Waals surface area (Å²) in [6.07, 6.45) is 4.85. The van der Waals surface area contributed by atoms with Crippen LogP contribution in [0.1, 0.15) is 39.5 Å². The number of piperidine rings is 1. The number of rotatable bonds is 3. The molecule has 1 atom stereocenters. The third-order valence-corrected chi connectivity index (χ3v) is 4.51. The number of urea groups is 1. The molecule has 0 saturated carbocycles. The van der Waals surface area contributed by atoms with E-state index in [4.69, 9.17) is 0 Å². The predicted molar refractivity (Wildman–Crippen MR) is 73.6 cm³/mol. The third kappa shape index (κ3) is 2.79. The van der Waals surface area contributed by atoms with Gasteiger partial charge in [-0.05, 0) is 58.5 Å². The predicted octanol–water partition coefficient (Wildman–Crippen LogP) is 1.91. The van der Waals surface area contributed by atoms with Crippen LogP contribution in [0.5, 0.6) is 0 Å². The highest BCUT2D eigenvalue weighted by atomic mass is 16.2. The van der Waals surface area contributed by atoms with Gasteiger partial charge in [-0.15, -0.1) is 0 Å². The second kappa shape index (κ2) is 6.41. The summed E-state index contributed by atoms with van der Waals surface area (Å²) >= 11 is 0. The van der Waals surface area contributed by atoms with E-state index < -0.39 is 0 Å². The van der Waals surface area contributed by atoms with Gasteiger partial charge in [0.25, 0.3) is 0 Å². The molecule has 18 heavy (non-hydrogen) atoms. The van der Waals surface area contributed by atoms with E-state index in [0.29, 0.717) is 12.0 Å². The van der Waals surface area contributed by atoms with Crippen LogP contribution in [0.2, 0.25) is 0 Å². The molecule has 0 bridgehead atoms. The normalized spacial score (nSPS) is 25.4. The van der Waals surface area contributed by atoms with Crippen molar-refractivity contribution in [3.63, 3.8) is 0 Å². The van der Waals surface area contributed by atoms with E-state index >= 15 is 0 Å². The van der Waals surface area contributed by atoms with Crippen molar-refractivity contribution in [1.82, 2.24) is 15.1 Å². The number of nitrogens with zero attached hydrogens (tertiary/aromatic N) is 2. The quantitative estimate of drug-likeness (QED) is 0.834. The van der Waals surface area contributed by atoms with Gasteiger partial charge < -0.3 is 15.1 Å². The first-order valence-corrected chi connectivity index (χ1v) is 7.54. The van der Waals surface area contributed by atoms with E-state index in [1.165, 1.54) is 25.7 Å². The highest BCUT2D eigenvalue weighted by Crippen LogP contribution is 2.30. The van der Waals surface area contributed by atoms with Gasteiger partial charge in [-0.25, -0.2) is 4.79 Å². The minimum atomic E-state index is 0.265. The maximum Gasteiger partial charge on any atom is 0.320 e. The molecule has 2 aliphatic rings. The summed E-state index contributed by atoms with van der Waals surface area (Å²) in [5, 5.41) is 3.41. The number of nitrogens with one attached hydrogen (secondary N) is 1. The molecule has 4 heteroatoms. The maximum absolute atomic E-state index is 12.5. The molecule has 0 spiro atoms. The zero-order valence-electron chi connectivity index (χ0n) is 11.8. The molecular formula is C14H27N3O. The molecule has 1 N–H and O–H groups in total. The summed E-state index contributed by atoms with van der Waals surface area (Å²) in [7, 11) is 0. The van der Waals surface area contributed by atoms with Crippen molar-refractivity contribution in [2.75, 3.05) is 32.7 Å². The molecule has 2 fully saturated rings. The third-order valence-electron chi connectivity index (χ3n) is 4.51. The SMILES string of the molecule is CCN(CC)C(=O)N1CCCC1C1CCNCC1. The van der Waals surface area contributed by atoms with Crippen LogP contribution in [0.15, 0.2) is 0 Å². The fourth-order valence-corrected chi connectivity index (χ4v) is 3.42. The van der Waals surface area contributed by atoms with Crippen LogP contribution in [-0.4, -0.2) is 54.6 Å². The molecule has 2 saturated heterocycles. The number of carbonyl (C=O) groups is 1. The van der Waals surface area contributed by atoms with Gasteiger partial charge in [0, 0.05) is 25.7 Å². The van der Waals surface area contributed by atoms with Crippen molar-refractivity contribution in [2.45, 2.75) is 45.6 Å². The zero-order chi connectivity index (χ0) is 13.0. The molecule has 2 amide bonds. The summed E-state index contributed by atoms with van der Waals surface area (Å²) in [4.78, 5) is 16.6. The number of carbonyl (C=O) groups excluding carboxylic acids is 1.